The van der Waals surface area contributed by atoms with Gasteiger partial charge in [-0.2, -0.15) is 0 Å². The summed E-state index contributed by atoms with van der Waals surface area (Å²) in [6, 6.07) is 6.95. The number of hydrogen-bond donors (Lipinski definition) is 1. The van der Waals surface area contributed by atoms with Crippen molar-refractivity contribution in [3.63, 3.8) is 0 Å². The van der Waals surface area contributed by atoms with Gasteiger partial charge in [-0.15, -0.1) is 0 Å². The van der Waals surface area contributed by atoms with Crippen molar-refractivity contribution in [2.45, 2.75) is 20.3 Å². The van der Waals surface area contributed by atoms with Crippen LogP contribution in [0.15, 0.2) is 24.3 Å². The number of carbonyl (C=O) groups is 2. The molecular weight excluding hydrogens is 398 g/mol. The number of aryl methyl sites for hydroxylation is 2. The molecule has 1 amide bonds. The van der Waals surface area contributed by atoms with Gasteiger partial charge >= 0.3 is 5.97 Å². The number of carbonyl (C=O) groups excluding carboxylic acids is 2. The average Bonchev–Trinajstić information content (AvgIpc) is 2.68. The molecule has 0 bridgehead atoms. The molecule has 29 heavy (non-hydrogen) atoms. The first-order chi connectivity index (χ1) is 13.8. The highest BCUT2D eigenvalue weighted by molar-refractivity contribution is 6.34. The Balaban J connectivity index is 1.99. The molecule has 2 aromatic carbocycles. The highest BCUT2D eigenvalue weighted by atomic mass is 35.5. The molecule has 0 aliphatic carbocycles. The fraction of sp³-hybridized carbons (Fsp3) is 0.333. The lowest BCUT2D eigenvalue weighted by Gasteiger charge is -2.14. The van der Waals surface area contributed by atoms with Crippen LogP contribution >= 0.6 is 11.6 Å². The molecular formula is C21H24ClNO6. The first kappa shape index (κ1) is 22.4. The van der Waals surface area contributed by atoms with Crippen LogP contribution in [0.25, 0.3) is 0 Å². The second-order valence-corrected chi connectivity index (χ2v) is 6.77. The Bertz CT molecular complexity index is 864. The van der Waals surface area contributed by atoms with E-state index in [1.807, 2.05) is 19.9 Å². The van der Waals surface area contributed by atoms with Crippen LogP contribution in [0, 0.1) is 13.8 Å². The molecule has 0 saturated carbocycles. The zero-order valence-electron chi connectivity index (χ0n) is 17.1. The van der Waals surface area contributed by atoms with Gasteiger partial charge < -0.3 is 24.3 Å². The number of rotatable bonds is 8. The second-order valence-electron chi connectivity index (χ2n) is 6.36. The Kier molecular flexibility index (Phi) is 7.73. The number of hydrogen-bond acceptors (Lipinski definition) is 6. The van der Waals surface area contributed by atoms with Gasteiger partial charge in [0.25, 0.3) is 5.91 Å². The van der Waals surface area contributed by atoms with Crippen molar-refractivity contribution in [1.82, 2.24) is 0 Å². The van der Waals surface area contributed by atoms with E-state index in [1.54, 1.807) is 18.2 Å². The van der Waals surface area contributed by atoms with E-state index in [2.05, 4.69) is 5.32 Å². The highest BCUT2D eigenvalue weighted by Crippen LogP contribution is 2.38. The maximum atomic E-state index is 12.2. The number of amides is 1. The number of ether oxygens (including phenoxy) is 4. The number of methoxy groups -OCH3 is 3. The molecule has 8 heteroatoms. The van der Waals surface area contributed by atoms with Crippen LogP contribution in [0.1, 0.15) is 16.7 Å². The Morgan fingerprint density at radius 1 is 0.966 bits per heavy atom. The molecule has 2 rings (SSSR count). The quantitative estimate of drug-likeness (QED) is 0.654. The van der Waals surface area contributed by atoms with Crippen molar-refractivity contribution >= 4 is 29.2 Å². The minimum atomic E-state index is -0.568. The Hall–Kier alpha value is -2.93. The summed E-state index contributed by atoms with van der Waals surface area (Å²) in [6.45, 7) is 3.33. The molecule has 7 nitrogen and oxygen atoms in total. The van der Waals surface area contributed by atoms with Crippen molar-refractivity contribution in [3.8, 4) is 17.2 Å². The smallest absolute Gasteiger partial charge is 0.310 e. The van der Waals surface area contributed by atoms with E-state index in [0.29, 0.717) is 33.5 Å². The van der Waals surface area contributed by atoms with Crippen LogP contribution in [-0.4, -0.2) is 39.8 Å². The van der Waals surface area contributed by atoms with Gasteiger partial charge in [-0.1, -0.05) is 17.7 Å². The van der Waals surface area contributed by atoms with E-state index in [0.717, 1.165) is 11.1 Å². The predicted octanol–water partition coefficient (Wildman–Crippen LogP) is 3.71. The van der Waals surface area contributed by atoms with E-state index >= 15 is 0 Å². The van der Waals surface area contributed by atoms with Crippen molar-refractivity contribution < 1.29 is 28.5 Å². The van der Waals surface area contributed by atoms with E-state index < -0.39 is 18.5 Å². The maximum absolute atomic E-state index is 12.2. The van der Waals surface area contributed by atoms with Crippen LogP contribution in [-0.2, 0) is 20.7 Å². The fourth-order valence-electron chi connectivity index (χ4n) is 2.85. The molecule has 0 heterocycles. The summed E-state index contributed by atoms with van der Waals surface area (Å²) < 4.78 is 20.9. The third kappa shape index (κ3) is 5.77. The molecule has 0 unspecified atom stereocenters. The number of esters is 1. The van der Waals surface area contributed by atoms with Crippen LogP contribution in [0.5, 0.6) is 17.2 Å². The van der Waals surface area contributed by atoms with E-state index in [-0.39, 0.29) is 6.42 Å². The first-order valence-corrected chi connectivity index (χ1v) is 9.18. The summed E-state index contributed by atoms with van der Waals surface area (Å²) in [6.07, 6.45) is -0.0612. The summed E-state index contributed by atoms with van der Waals surface area (Å²) in [7, 11) is 4.47. The molecule has 0 radical (unpaired) electrons. The average molecular weight is 422 g/mol. The van der Waals surface area contributed by atoms with Gasteiger partial charge in [0, 0.05) is 0 Å². The van der Waals surface area contributed by atoms with Crippen molar-refractivity contribution in [2.75, 3.05) is 33.3 Å². The number of anilines is 1. The predicted molar refractivity (Wildman–Crippen MR) is 110 cm³/mol. The Morgan fingerprint density at radius 3 is 2.10 bits per heavy atom. The second kappa shape index (κ2) is 10.0. The number of halogens is 1. The van der Waals surface area contributed by atoms with Crippen molar-refractivity contribution in [1.29, 1.82) is 0 Å². The zero-order valence-corrected chi connectivity index (χ0v) is 17.8. The summed E-state index contributed by atoms with van der Waals surface area (Å²) >= 11 is 6.17. The molecule has 0 aliphatic heterocycles. The van der Waals surface area contributed by atoms with Gasteiger partial charge in [-0.3, -0.25) is 9.59 Å². The van der Waals surface area contributed by atoms with Gasteiger partial charge in [-0.05, 0) is 48.7 Å². The highest BCUT2D eigenvalue weighted by Gasteiger charge is 2.16. The molecule has 156 valence electrons. The van der Waals surface area contributed by atoms with Crippen LogP contribution in [0.2, 0.25) is 5.02 Å². The Labute approximate surface area is 174 Å². The van der Waals surface area contributed by atoms with Gasteiger partial charge in [0.05, 0.1) is 38.5 Å². The third-order valence-corrected chi connectivity index (χ3v) is 4.43. The standard InChI is InChI=1S/C21H24ClNO6/c1-12-6-13(2)20(15(22)7-12)23-18(24)11-29-19(25)10-14-8-16(26-3)21(28-5)17(9-14)27-4/h6-9H,10-11H2,1-5H3,(H,23,24). The molecule has 0 saturated heterocycles. The monoisotopic (exact) mass is 421 g/mol. The minimum Gasteiger partial charge on any atom is -0.493 e. The third-order valence-electron chi connectivity index (χ3n) is 4.13. The van der Waals surface area contributed by atoms with Gasteiger partial charge in [0.2, 0.25) is 5.75 Å². The lowest BCUT2D eigenvalue weighted by atomic mass is 10.1. The van der Waals surface area contributed by atoms with Crippen molar-refractivity contribution in [2.24, 2.45) is 0 Å². The molecule has 0 fully saturated rings. The molecule has 2 aromatic rings. The first-order valence-electron chi connectivity index (χ1n) is 8.80. The molecule has 1 N–H and O–H groups in total. The Morgan fingerprint density at radius 2 is 1.59 bits per heavy atom. The van der Waals surface area contributed by atoms with Gasteiger partial charge in [0.1, 0.15) is 0 Å². The maximum Gasteiger partial charge on any atom is 0.310 e. The molecule has 0 aliphatic rings. The lowest BCUT2D eigenvalue weighted by molar-refractivity contribution is -0.146. The summed E-state index contributed by atoms with van der Waals surface area (Å²) in [5.74, 6) is 0.240. The topological polar surface area (TPSA) is 83.1 Å². The van der Waals surface area contributed by atoms with Gasteiger partial charge in [0.15, 0.2) is 18.1 Å². The minimum absolute atomic E-state index is 0.0612. The molecule has 0 aromatic heterocycles. The van der Waals surface area contributed by atoms with Gasteiger partial charge in [-0.25, -0.2) is 0 Å². The van der Waals surface area contributed by atoms with Crippen molar-refractivity contribution in [3.05, 3.63) is 46.0 Å². The summed E-state index contributed by atoms with van der Waals surface area (Å²) in [4.78, 5) is 24.3. The molecule has 0 spiro atoms. The van der Waals surface area contributed by atoms with Crippen LogP contribution < -0.4 is 19.5 Å². The normalized spacial score (nSPS) is 10.3. The van der Waals surface area contributed by atoms with E-state index in [1.165, 1.54) is 21.3 Å². The zero-order chi connectivity index (χ0) is 21.6. The molecule has 0 atom stereocenters. The SMILES string of the molecule is COc1cc(CC(=O)OCC(=O)Nc2c(C)cc(C)cc2Cl)cc(OC)c1OC. The summed E-state index contributed by atoms with van der Waals surface area (Å²) in [5, 5.41) is 3.10. The van der Waals surface area contributed by atoms with Crippen LogP contribution in [0.3, 0.4) is 0 Å². The van der Waals surface area contributed by atoms with Crippen LogP contribution in [0.4, 0.5) is 5.69 Å². The summed E-state index contributed by atoms with van der Waals surface area (Å²) in [5.41, 5.74) is 2.92. The van der Waals surface area contributed by atoms with E-state index in [4.69, 9.17) is 30.5 Å². The number of nitrogens with one attached hydrogen (secondary N) is 1. The lowest BCUT2D eigenvalue weighted by Crippen LogP contribution is -2.22. The number of benzene rings is 2. The fourth-order valence-corrected chi connectivity index (χ4v) is 3.22. The largest absolute Gasteiger partial charge is 0.493 e. The van der Waals surface area contributed by atoms with E-state index in [9.17, 15) is 9.59 Å².